The van der Waals surface area contributed by atoms with Gasteiger partial charge in [0.05, 0.1) is 11.0 Å². The van der Waals surface area contributed by atoms with Crippen LogP contribution in [-0.4, -0.2) is 4.92 Å². The monoisotopic (exact) mass is 340 g/mol. The number of benzene rings is 1. The third-order valence-electron chi connectivity index (χ3n) is 2.79. The summed E-state index contributed by atoms with van der Waals surface area (Å²) in [4.78, 5) is 11.6. The summed E-state index contributed by atoms with van der Waals surface area (Å²) >= 11 is 5.08. The zero-order valence-electron chi connectivity index (χ0n) is 10.3. The molecule has 2 rings (SSSR count). The Kier molecular flexibility index (Phi) is 4.55. The van der Waals surface area contributed by atoms with Gasteiger partial charge in [-0.25, -0.2) is 0 Å². The zero-order valence-corrected chi connectivity index (χ0v) is 12.7. The maximum Gasteiger partial charge on any atom is 0.270 e. The van der Waals surface area contributed by atoms with E-state index in [4.69, 9.17) is 0 Å². The lowest BCUT2D eigenvalue weighted by atomic mass is 10.1. The molecule has 4 nitrogen and oxygen atoms in total. The summed E-state index contributed by atoms with van der Waals surface area (Å²) < 4.78 is 0.705. The lowest BCUT2D eigenvalue weighted by Gasteiger charge is -2.17. The van der Waals surface area contributed by atoms with E-state index in [1.165, 1.54) is 17.0 Å². The fourth-order valence-electron chi connectivity index (χ4n) is 1.79. The molecule has 0 saturated carbocycles. The van der Waals surface area contributed by atoms with Crippen molar-refractivity contribution < 1.29 is 4.92 Å². The van der Waals surface area contributed by atoms with Crippen LogP contribution in [0.3, 0.4) is 0 Å². The smallest absolute Gasteiger partial charge is 0.270 e. The fraction of sp³-hybridized carbons (Fsp3) is 0.231. The molecule has 1 aromatic heterocycles. The second-order valence-electron chi connectivity index (χ2n) is 4.04. The first-order valence-corrected chi connectivity index (χ1v) is 7.53. The molecule has 0 bridgehead atoms. The molecule has 1 atom stereocenters. The Balaban J connectivity index is 2.21. The summed E-state index contributed by atoms with van der Waals surface area (Å²) in [6, 6.07) is 9.09. The first-order chi connectivity index (χ1) is 9.11. The van der Waals surface area contributed by atoms with Gasteiger partial charge in [0.1, 0.15) is 0 Å². The van der Waals surface area contributed by atoms with E-state index in [9.17, 15) is 10.1 Å². The zero-order chi connectivity index (χ0) is 13.8. The van der Waals surface area contributed by atoms with Gasteiger partial charge in [0, 0.05) is 27.2 Å². The Hall–Kier alpha value is -1.40. The summed E-state index contributed by atoms with van der Waals surface area (Å²) in [5, 5.41) is 16.1. The molecule has 1 aromatic carbocycles. The van der Waals surface area contributed by atoms with Crippen LogP contribution in [0.1, 0.15) is 24.3 Å². The van der Waals surface area contributed by atoms with Crippen molar-refractivity contribution in [2.24, 2.45) is 0 Å². The Morgan fingerprint density at radius 1 is 1.47 bits per heavy atom. The van der Waals surface area contributed by atoms with Gasteiger partial charge < -0.3 is 5.32 Å². The standard InChI is InChI=1S/C13H13BrN2O2S/c1-2-11(13-4-3-7-19-13)15-12-6-5-9(16(17)18)8-10(12)14/h3-8,11,15H,2H2,1H3. The number of nitro benzene ring substituents is 1. The molecule has 1 N–H and O–H groups in total. The summed E-state index contributed by atoms with van der Waals surface area (Å²) in [6.07, 6.45) is 0.948. The van der Waals surface area contributed by atoms with Gasteiger partial charge in [0.15, 0.2) is 0 Å². The van der Waals surface area contributed by atoms with Crippen molar-refractivity contribution in [3.05, 3.63) is 55.2 Å². The first-order valence-electron chi connectivity index (χ1n) is 5.85. The number of nitro groups is 1. The number of hydrogen-bond acceptors (Lipinski definition) is 4. The van der Waals surface area contributed by atoms with Gasteiger partial charge in [-0.2, -0.15) is 0 Å². The number of nitrogens with one attached hydrogen (secondary N) is 1. The van der Waals surface area contributed by atoms with E-state index in [0.717, 1.165) is 12.1 Å². The minimum absolute atomic E-state index is 0.0848. The van der Waals surface area contributed by atoms with Gasteiger partial charge >= 0.3 is 0 Å². The highest BCUT2D eigenvalue weighted by atomic mass is 79.9. The van der Waals surface area contributed by atoms with Crippen molar-refractivity contribution in [3.8, 4) is 0 Å². The molecule has 0 radical (unpaired) electrons. The van der Waals surface area contributed by atoms with Crippen LogP contribution in [0.5, 0.6) is 0 Å². The highest BCUT2D eigenvalue weighted by Crippen LogP contribution is 2.32. The quantitative estimate of drug-likeness (QED) is 0.616. The van der Waals surface area contributed by atoms with Crippen LogP contribution in [0.25, 0.3) is 0 Å². The van der Waals surface area contributed by atoms with Crippen molar-refractivity contribution >= 4 is 38.6 Å². The van der Waals surface area contributed by atoms with Gasteiger partial charge in [-0.05, 0) is 39.9 Å². The number of hydrogen-bond donors (Lipinski definition) is 1. The largest absolute Gasteiger partial charge is 0.377 e. The summed E-state index contributed by atoms with van der Waals surface area (Å²) in [5.41, 5.74) is 0.951. The van der Waals surface area contributed by atoms with E-state index in [1.54, 1.807) is 17.4 Å². The van der Waals surface area contributed by atoms with E-state index in [2.05, 4.69) is 34.2 Å². The number of nitrogens with zero attached hydrogens (tertiary/aromatic N) is 1. The molecule has 19 heavy (non-hydrogen) atoms. The van der Waals surface area contributed by atoms with E-state index < -0.39 is 4.92 Å². The second kappa shape index (κ2) is 6.16. The Morgan fingerprint density at radius 3 is 2.79 bits per heavy atom. The topological polar surface area (TPSA) is 55.2 Å². The number of anilines is 1. The molecule has 0 aliphatic carbocycles. The first kappa shape index (κ1) is 14.0. The summed E-state index contributed by atoms with van der Waals surface area (Å²) in [6.45, 7) is 2.11. The molecule has 6 heteroatoms. The van der Waals surface area contributed by atoms with Crippen molar-refractivity contribution in [3.63, 3.8) is 0 Å². The predicted molar refractivity (Wildman–Crippen MR) is 81.8 cm³/mol. The molecule has 0 fully saturated rings. The van der Waals surface area contributed by atoms with Crippen molar-refractivity contribution in [2.45, 2.75) is 19.4 Å². The molecule has 0 aliphatic heterocycles. The van der Waals surface area contributed by atoms with Gasteiger partial charge in [0.25, 0.3) is 5.69 Å². The van der Waals surface area contributed by atoms with Crippen LogP contribution in [0.2, 0.25) is 0 Å². The van der Waals surface area contributed by atoms with Gasteiger partial charge in [-0.15, -0.1) is 11.3 Å². The molecule has 1 heterocycles. The van der Waals surface area contributed by atoms with Crippen LogP contribution in [0, 0.1) is 10.1 Å². The van der Waals surface area contributed by atoms with Crippen LogP contribution in [0.4, 0.5) is 11.4 Å². The molecule has 0 saturated heterocycles. The Bertz CT molecular complexity index is 572. The maximum atomic E-state index is 10.7. The second-order valence-corrected chi connectivity index (χ2v) is 5.88. The number of thiophene rings is 1. The van der Waals surface area contributed by atoms with Gasteiger partial charge in [-0.1, -0.05) is 13.0 Å². The van der Waals surface area contributed by atoms with Crippen LogP contribution >= 0.6 is 27.3 Å². The molecular formula is C13H13BrN2O2S. The highest BCUT2D eigenvalue weighted by Gasteiger charge is 2.14. The molecule has 100 valence electrons. The average Bonchev–Trinajstić information content (AvgIpc) is 2.91. The SMILES string of the molecule is CCC(Nc1ccc([N+](=O)[O-])cc1Br)c1cccs1. The Labute approximate surface area is 123 Å². The molecule has 2 aromatic rings. The third-order valence-corrected chi connectivity index (χ3v) is 4.43. The van der Waals surface area contributed by atoms with E-state index in [-0.39, 0.29) is 11.7 Å². The lowest BCUT2D eigenvalue weighted by Crippen LogP contribution is -2.08. The lowest BCUT2D eigenvalue weighted by molar-refractivity contribution is -0.384. The van der Waals surface area contributed by atoms with Crippen molar-refractivity contribution in [1.29, 1.82) is 0 Å². The number of non-ortho nitro benzene ring substituents is 1. The minimum Gasteiger partial charge on any atom is -0.377 e. The Morgan fingerprint density at radius 2 is 2.26 bits per heavy atom. The van der Waals surface area contributed by atoms with Crippen LogP contribution < -0.4 is 5.32 Å². The van der Waals surface area contributed by atoms with Gasteiger partial charge in [0.2, 0.25) is 0 Å². The average molecular weight is 341 g/mol. The van der Waals surface area contributed by atoms with E-state index >= 15 is 0 Å². The number of rotatable bonds is 5. The molecule has 0 amide bonds. The van der Waals surface area contributed by atoms with E-state index in [0.29, 0.717) is 4.47 Å². The number of halogens is 1. The minimum atomic E-state index is -0.398. The normalized spacial score (nSPS) is 12.1. The van der Waals surface area contributed by atoms with Crippen LogP contribution in [-0.2, 0) is 0 Å². The van der Waals surface area contributed by atoms with E-state index in [1.807, 2.05) is 11.4 Å². The van der Waals surface area contributed by atoms with Gasteiger partial charge in [-0.3, -0.25) is 10.1 Å². The molecule has 0 aliphatic rings. The third kappa shape index (κ3) is 3.33. The van der Waals surface area contributed by atoms with Crippen molar-refractivity contribution in [2.75, 3.05) is 5.32 Å². The van der Waals surface area contributed by atoms with Crippen LogP contribution in [0.15, 0.2) is 40.2 Å². The predicted octanol–water partition coefficient (Wildman–Crippen LogP) is 4.98. The fourth-order valence-corrected chi connectivity index (χ4v) is 3.13. The maximum absolute atomic E-state index is 10.7. The van der Waals surface area contributed by atoms with Crippen molar-refractivity contribution in [1.82, 2.24) is 0 Å². The summed E-state index contributed by atoms with van der Waals surface area (Å²) in [7, 11) is 0. The summed E-state index contributed by atoms with van der Waals surface area (Å²) in [5.74, 6) is 0. The molecule has 1 unspecified atom stereocenters. The highest BCUT2D eigenvalue weighted by molar-refractivity contribution is 9.10. The molecular weight excluding hydrogens is 328 g/mol. The molecule has 0 spiro atoms.